The Morgan fingerprint density at radius 1 is 0.389 bits per heavy atom. The number of halogens is 3. The van der Waals surface area contributed by atoms with E-state index in [1.807, 2.05) is 96.9 Å². The Kier molecular flexibility index (Phi) is 33.4. The third-order valence-corrected chi connectivity index (χ3v) is 12.0. The Morgan fingerprint density at radius 2 is 0.750 bits per heavy atom. The Labute approximate surface area is 462 Å². The SMILES string of the molecule is Cc1ccnc(Cl)n1.Cc1nc(Cl)cc(Cl)n1.Cc1nnc(C)o1.Cc1nnc(C)s1.Cc1nnc(C)s1.Cc1nnc(C)s1.Cc1nncs1.Cc1nsc(C)n1.Cc1nsc(C)n1.Cc1nsc(C)n1. The van der Waals surface area contributed by atoms with Crippen LogP contribution in [0.2, 0.25) is 15.6 Å². The number of rotatable bonds is 0. The van der Waals surface area contributed by atoms with E-state index < -0.39 is 0 Å². The van der Waals surface area contributed by atoms with Gasteiger partial charge in [-0.2, -0.15) is 13.1 Å². The van der Waals surface area contributed by atoms with Crippen LogP contribution in [0.3, 0.4) is 0 Å². The first-order valence-electron chi connectivity index (χ1n) is 20.6. The second-order valence-corrected chi connectivity index (χ2v) is 22.6. The van der Waals surface area contributed by atoms with E-state index in [-0.39, 0.29) is 0 Å². The predicted molar refractivity (Wildman–Crippen MR) is 293 cm³/mol. The van der Waals surface area contributed by atoms with Crippen LogP contribution in [0.1, 0.15) is 90.8 Å². The summed E-state index contributed by atoms with van der Waals surface area (Å²) in [6.45, 7) is 32.3. The molecule has 21 nitrogen and oxygen atoms in total. The van der Waals surface area contributed by atoms with Crippen LogP contribution in [-0.2, 0) is 0 Å². The van der Waals surface area contributed by atoms with Crippen LogP contribution in [0.15, 0.2) is 28.3 Å². The van der Waals surface area contributed by atoms with E-state index in [1.54, 1.807) is 83.9 Å². The molecular weight excluding hydrogens is 1120 g/mol. The summed E-state index contributed by atoms with van der Waals surface area (Å²) >= 11 is 27.2. The van der Waals surface area contributed by atoms with Gasteiger partial charge >= 0.3 is 0 Å². The lowest BCUT2D eigenvalue weighted by molar-refractivity contribution is 0.489. The maximum atomic E-state index is 5.51. The van der Waals surface area contributed by atoms with Crippen LogP contribution in [0.4, 0.5) is 0 Å². The molecule has 0 N–H and O–H groups in total. The Bertz CT molecular complexity index is 2390. The van der Waals surface area contributed by atoms with Crippen LogP contribution in [0, 0.1) is 118 Å². The van der Waals surface area contributed by atoms with E-state index in [2.05, 4.69) is 99.0 Å². The van der Waals surface area contributed by atoms with Gasteiger partial charge in [0.15, 0.2) is 0 Å². The monoisotopic (exact) mass is 1170 g/mol. The fourth-order valence-electron chi connectivity index (χ4n) is 3.93. The van der Waals surface area contributed by atoms with Crippen molar-refractivity contribution in [1.82, 2.24) is 99.0 Å². The van der Waals surface area contributed by atoms with Crippen molar-refractivity contribution < 1.29 is 4.42 Å². The van der Waals surface area contributed by atoms with E-state index in [4.69, 9.17) is 39.2 Å². The van der Waals surface area contributed by atoms with Gasteiger partial charge in [0.05, 0.1) is 0 Å². The predicted octanol–water partition coefficient (Wildman–Crippen LogP) is 12.0. The zero-order valence-electron chi connectivity index (χ0n) is 42.7. The quantitative estimate of drug-likeness (QED) is 0.101. The highest BCUT2D eigenvalue weighted by Gasteiger charge is 1.95. The van der Waals surface area contributed by atoms with Gasteiger partial charge in [0.2, 0.25) is 17.1 Å². The van der Waals surface area contributed by atoms with Crippen molar-refractivity contribution in [2.24, 2.45) is 0 Å². The van der Waals surface area contributed by atoms with Gasteiger partial charge in [-0.3, -0.25) is 0 Å². The van der Waals surface area contributed by atoms with Crippen LogP contribution in [0.25, 0.3) is 0 Å². The lowest BCUT2D eigenvalue weighted by atomic mass is 10.5. The van der Waals surface area contributed by atoms with Crippen LogP contribution < -0.4 is 0 Å². The highest BCUT2D eigenvalue weighted by Crippen LogP contribution is 2.11. The van der Waals surface area contributed by atoms with Gasteiger partial charge in [-0.05, 0) is 156 Å². The second kappa shape index (κ2) is 36.9. The average Bonchev–Trinajstić information content (AvgIpc) is 4.18. The molecule has 10 rings (SSSR count). The molecule has 0 amide bonds. The molecular formula is C41H55Cl3N20OS7. The molecule has 10 aromatic heterocycles. The number of hydrogen-bond acceptors (Lipinski definition) is 28. The minimum Gasteiger partial charge on any atom is -0.426 e. The Morgan fingerprint density at radius 3 is 0.889 bits per heavy atom. The first-order valence-corrected chi connectivity index (χ1v) is 27.4. The van der Waals surface area contributed by atoms with Crippen LogP contribution in [-0.4, -0.2) is 99.0 Å². The van der Waals surface area contributed by atoms with Crippen molar-refractivity contribution in [2.45, 2.75) is 118 Å². The summed E-state index contributed by atoms with van der Waals surface area (Å²) in [6.07, 6.45) is 1.63. The first kappa shape index (κ1) is 65.1. The summed E-state index contributed by atoms with van der Waals surface area (Å²) in [6, 6.07) is 3.29. The molecule has 0 spiro atoms. The van der Waals surface area contributed by atoms with Gasteiger partial charge in [-0.15, -0.1) is 96.3 Å². The fourth-order valence-corrected chi connectivity index (χ4v) is 8.17. The summed E-state index contributed by atoms with van der Waals surface area (Å²) in [5.74, 6) is 4.47. The minimum atomic E-state index is 0.310. The van der Waals surface area contributed by atoms with E-state index in [9.17, 15) is 0 Å². The lowest BCUT2D eigenvalue weighted by Gasteiger charge is -1.91. The van der Waals surface area contributed by atoms with Gasteiger partial charge in [-0.25, -0.2) is 34.9 Å². The summed E-state index contributed by atoms with van der Waals surface area (Å²) in [4.78, 5) is 27.2. The molecule has 0 saturated carbocycles. The zero-order valence-corrected chi connectivity index (χ0v) is 50.6. The molecule has 10 heterocycles. The maximum absolute atomic E-state index is 5.51. The first-order chi connectivity index (χ1) is 33.9. The standard InChI is InChI=1S/C5H4Cl2N2.C5H5ClN2.C4H6N2O.6C4H6N2S.C3H4N2S/c1-3-8-4(6)2-5(7)9-3;1-4-2-3-7-5(6)8-4;4*1-3-5-6-4(2)7-3;3*1-3-5-4(2)7-6-3;1-3-5-4-2-6-3/h2H,1H3;2-3H,1H3;7*1-2H3;2H,1H3. The van der Waals surface area contributed by atoms with E-state index in [0.717, 1.165) is 73.2 Å². The molecule has 0 aliphatic rings. The van der Waals surface area contributed by atoms with Crippen LogP contribution >= 0.6 is 115 Å². The molecule has 0 radical (unpaired) electrons. The maximum Gasteiger partial charge on any atom is 0.222 e. The summed E-state index contributed by atoms with van der Waals surface area (Å²) in [7, 11) is 0. The zero-order chi connectivity index (χ0) is 54.2. The van der Waals surface area contributed by atoms with Crippen molar-refractivity contribution in [2.75, 3.05) is 0 Å². The molecule has 0 fully saturated rings. The largest absolute Gasteiger partial charge is 0.426 e. The molecule has 31 heteroatoms. The molecule has 0 aromatic carbocycles. The molecule has 0 atom stereocenters. The molecule has 0 aliphatic carbocycles. The Balaban J connectivity index is 0.000000401. The number of aromatic nitrogens is 20. The number of nitrogens with zero attached hydrogens (tertiary/aromatic N) is 20. The molecule has 0 unspecified atom stereocenters. The highest BCUT2D eigenvalue weighted by molar-refractivity contribution is 7.11. The van der Waals surface area contributed by atoms with Crippen LogP contribution in [0.5, 0.6) is 0 Å². The Hall–Kier alpha value is -4.91. The number of hydrogen-bond donors (Lipinski definition) is 0. The molecule has 10 aromatic rings. The molecule has 72 heavy (non-hydrogen) atoms. The summed E-state index contributed by atoms with van der Waals surface area (Å²) < 4.78 is 16.7. The minimum absolute atomic E-state index is 0.310. The van der Waals surface area contributed by atoms with Gasteiger partial charge in [0.25, 0.3) is 0 Å². The molecule has 388 valence electrons. The fraction of sp³-hybridized carbons (Fsp3) is 0.415. The van der Waals surface area contributed by atoms with Crippen molar-refractivity contribution in [1.29, 1.82) is 0 Å². The lowest BCUT2D eigenvalue weighted by Crippen LogP contribution is -1.86. The van der Waals surface area contributed by atoms with Gasteiger partial charge in [0, 0.05) is 31.8 Å². The topological polar surface area (TPSA) is 271 Å². The number of aryl methyl sites for hydroxylation is 17. The van der Waals surface area contributed by atoms with E-state index in [0.29, 0.717) is 33.2 Å². The normalized spacial score (nSPS) is 9.39. The summed E-state index contributed by atoms with van der Waals surface area (Å²) in [5.41, 5.74) is 2.61. The average molecular weight is 1170 g/mol. The van der Waals surface area contributed by atoms with Crippen molar-refractivity contribution in [3.63, 3.8) is 0 Å². The third kappa shape index (κ3) is 35.2. The van der Waals surface area contributed by atoms with Gasteiger partial charge in [-0.1, -0.05) is 23.2 Å². The highest BCUT2D eigenvalue weighted by atomic mass is 35.5. The molecule has 0 bridgehead atoms. The van der Waals surface area contributed by atoms with E-state index >= 15 is 0 Å². The second-order valence-electron chi connectivity index (χ2n) is 13.4. The molecule has 0 aliphatic heterocycles. The summed E-state index contributed by atoms with van der Waals surface area (Å²) in [5, 5.41) is 48.6. The van der Waals surface area contributed by atoms with Gasteiger partial charge in [0.1, 0.15) is 89.2 Å². The van der Waals surface area contributed by atoms with Crippen molar-refractivity contribution >= 4 is 115 Å². The van der Waals surface area contributed by atoms with E-state index in [1.165, 1.54) is 40.7 Å². The van der Waals surface area contributed by atoms with Crippen molar-refractivity contribution in [3.05, 3.63) is 130 Å². The third-order valence-electron chi connectivity index (χ3n) is 6.41. The van der Waals surface area contributed by atoms with Crippen molar-refractivity contribution in [3.8, 4) is 0 Å². The smallest absolute Gasteiger partial charge is 0.222 e. The molecule has 0 saturated heterocycles. The van der Waals surface area contributed by atoms with Gasteiger partial charge < -0.3 is 4.42 Å².